The van der Waals surface area contributed by atoms with Gasteiger partial charge in [0.15, 0.2) is 5.11 Å². The summed E-state index contributed by atoms with van der Waals surface area (Å²) in [4.78, 5) is 0. The number of nitrogens with one attached hydrogen (secondary N) is 2. The van der Waals surface area contributed by atoms with E-state index in [4.69, 9.17) is 17.0 Å². The first-order valence-corrected chi connectivity index (χ1v) is 12.4. The molecule has 0 aromatic heterocycles. The Balaban J connectivity index is 1.88. The summed E-state index contributed by atoms with van der Waals surface area (Å²) in [6, 6.07) is 7.75. The van der Waals surface area contributed by atoms with Gasteiger partial charge >= 0.3 is 0 Å². The van der Waals surface area contributed by atoms with E-state index in [0.29, 0.717) is 5.11 Å². The molecule has 0 saturated carbocycles. The smallest absolute Gasteiger partial charge is 0.186 e. The SMILES string of the molecule is CCCCCCCCCCCCCCCCNC(=S)N/N=C/c1ccccc1OC. The van der Waals surface area contributed by atoms with Crippen molar-refractivity contribution in [3.05, 3.63) is 29.8 Å². The quantitative estimate of drug-likeness (QED) is 0.113. The number of para-hydroxylation sites is 1. The molecular formula is C25H43N3OS. The van der Waals surface area contributed by atoms with Gasteiger partial charge in [-0.3, -0.25) is 5.43 Å². The topological polar surface area (TPSA) is 45.7 Å². The van der Waals surface area contributed by atoms with Crippen LogP contribution in [0.2, 0.25) is 0 Å². The van der Waals surface area contributed by atoms with Crippen LogP contribution in [0.25, 0.3) is 0 Å². The number of hydrogen-bond donors (Lipinski definition) is 2. The molecule has 0 heterocycles. The van der Waals surface area contributed by atoms with E-state index in [1.165, 1.54) is 83.5 Å². The molecule has 0 bridgehead atoms. The lowest BCUT2D eigenvalue weighted by Gasteiger charge is -2.07. The van der Waals surface area contributed by atoms with Crippen molar-refractivity contribution in [1.82, 2.24) is 10.7 Å². The van der Waals surface area contributed by atoms with Crippen LogP contribution >= 0.6 is 12.2 Å². The monoisotopic (exact) mass is 433 g/mol. The van der Waals surface area contributed by atoms with Crippen LogP contribution in [0.1, 0.15) is 102 Å². The predicted molar refractivity (Wildman–Crippen MR) is 135 cm³/mol. The third kappa shape index (κ3) is 14.4. The molecule has 5 heteroatoms. The van der Waals surface area contributed by atoms with Gasteiger partial charge in [-0.05, 0) is 30.8 Å². The van der Waals surface area contributed by atoms with Crippen LogP contribution in [0.15, 0.2) is 29.4 Å². The van der Waals surface area contributed by atoms with Gasteiger partial charge in [0, 0.05) is 12.1 Å². The first-order chi connectivity index (χ1) is 14.8. The average molecular weight is 434 g/mol. The Hall–Kier alpha value is -1.62. The van der Waals surface area contributed by atoms with Crippen LogP contribution < -0.4 is 15.5 Å². The van der Waals surface area contributed by atoms with E-state index in [9.17, 15) is 0 Å². The van der Waals surface area contributed by atoms with Gasteiger partial charge in [-0.1, -0.05) is 103 Å². The van der Waals surface area contributed by atoms with Crippen LogP contribution in [-0.4, -0.2) is 25.0 Å². The van der Waals surface area contributed by atoms with Crippen LogP contribution in [-0.2, 0) is 0 Å². The number of methoxy groups -OCH3 is 1. The minimum absolute atomic E-state index is 0.566. The van der Waals surface area contributed by atoms with Crippen LogP contribution in [0, 0.1) is 0 Å². The highest BCUT2D eigenvalue weighted by molar-refractivity contribution is 7.80. The first kappa shape index (κ1) is 26.4. The molecule has 0 aliphatic rings. The molecule has 4 nitrogen and oxygen atoms in total. The Morgan fingerprint density at radius 1 is 0.867 bits per heavy atom. The summed E-state index contributed by atoms with van der Waals surface area (Å²) in [6.07, 6.45) is 21.0. The lowest BCUT2D eigenvalue weighted by Crippen LogP contribution is -2.32. The van der Waals surface area contributed by atoms with Crippen molar-refractivity contribution < 1.29 is 4.74 Å². The summed E-state index contributed by atoms with van der Waals surface area (Å²) in [5.74, 6) is 0.796. The minimum atomic E-state index is 0.566. The maximum Gasteiger partial charge on any atom is 0.186 e. The first-order valence-electron chi connectivity index (χ1n) is 12.0. The van der Waals surface area contributed by atoms with E-state index in [2.05, 4.69) is 22.8 Å². The molecule has 30 heavy (non-hydrogen) atoms. The zero-order chi connectivity index (χ0) is 21.7. The molecular weight excluding hydrogens is 390 g/mol. The van der Waals surface area contributed by atoms with E-state index >= 15 is 0 Å². The second-order valence-electron chi connectivity index (χ2n) is 7.96. The predicted octanol–water partition coefficient (Wildman–Crippen LogP) is 6.97. The summed E-state index contributed by atoms with van der Waals surface area (Å²) in [6.45, 7) is 3.18. The summed E-state index contributed by atoms with van der Waals surface area (Å²) < 4.78 is 5.30. The summed E-state index contributed by atoms with van der Waals surface area (Å²) in [5.41, 5.74) is 3.79. The van der Waals surface area contributed by atoms with Gasteiger partial charge in [0.2, 0.25) is 0 Å². The van der Waals surface area contributed by atoms with E-state index in [-0.39, 0.29) is 0 Å². The molecule has 0 atom stereocenters. The van der Waals surface area contributed by atoms with Crippen molar-refractivity contribution in [2.24, 2.45) is 5.10 Å². The zero-order valence-electron chi connectivity index (χ0n) is 19.3. The number of thiocarbonyl (C=S) groups is 1. The fourth-order valence-corrected chi connectivity index (χ4v) is 3.65. The molecule has 0 unspecified atom stereocenters. The standard InChI is InChI=1S/C25H43N3OS/c1-3-4-5-6-7-8-9-10-11-12-13-14-15-18-21-26-25(30)28-27-22-23-19-16-17-20-24(23)29-2/h16-17,19-20,22H,3-15,18,21H2,1-2H3,(H2,26,28,30)/b27-22+. The summed E-state index contributed by atoms with van der Waals surface area (Å²) in [7, 11) is 1.66. The van der Waals surface area contributed by atoms with Crippen molar-refractivity contribution in [3.8, 4) is 5.75 Å². The molecule has 2 N–H and O–H groups in total. The van der Waals surface area contributed by atoms with Gasteiger partial charge in [-0.2, -0.15) is 5.10 Å². The van der Waals surface area contributed by atoms with Crippen molar-refractivity contribution in [3.63, 3.8) is 0 Å². The molecule has 1 aromatic rings. The zero-order valence-corrected chi connectivity index (χ0v) is 20.1. The number of benzene rings is 1. The lowest BCUT2D eigenvalue weighted by molar-refractivity contribution is 0.414. The van der Waals surface area contributed by atoms with Crippen molar-refractivity contribution in [2.75, 3.05) is 13.7 Å². The number of hydrazone groups is 1. The molecule has 170 valence electrons. The van der Waals surface area contributed by atoms with E-state index in [0.717, 1.165) is 24.3 Å². The Labute approximate surface area is 190 Å². The number of hydrogen-bond acceptors (Lipinski definition) is 3. The second kappa shape index (κ2) is 19.3. The number of rotatable bonds is 18. The summed E-state index contributed by atoms with van der Waals surface area (Å²) >= 11 is 5.26. The highest BCUT2D eigenvalue weighted by atomic mass is 32.1. The fraction of sp³-hybridized carbons (Fsp3) is 0.680. The van der Waals surface area contributed by atoms with E-state index in [1.807, 2.05) is 24.3 Å². The molecule has 0 aliphatic carbocycles. The largest absolute Gasteiger partial charge is 0.496 e. The summed E-state index contributed by atoms with van der Waals surface area (Å²) in [5, 5.41) is 7.96. The number of nitrogens with zero attached hydrogens (tertiary/aromatic N) is 1. The van der Waals surface area contributed by atoms with Gasteiger partial charge in [0.25, 0.3) is 0 Å². The molecule has 1 aromatic carbocycles. The van der Waals surface area contributed by atoms with Gasteiger partial charge in [-0.25, -0.2) is 0 Å². The minimum Gasteiger partial charge on any atom is -0.496 e. The number of ether oxygens (including phenoxy) is 1. The van der Waals surface area contributed by atoms with Crippen molar-refractivity contribution >= 4 is 23.5 Å². The molecule has 0 radical (unpaired) electrons. The normalized spacial score (nSPS) is 11.0. The molecule has 1 rings (SSSR count). The molecule has 0 saturated heterocycles. The van der Waals surface area contributed by atoms with Crippen LogP contribution in [0.4, 0.5) is 0 Å². The van der Waals surface area contributed by atoms with Crippen molar-refractivity contribution in [2.45, 2.75) is 96.8 Å². The Morgan fingerprint density at radius 3 is 1.97 bits per heavy atom. The second-order valence-corrected chi connectivity index (χ2v) is 8.37. The molecule has 0 fully saturated rings. The Morgan fingerprint density at radius 2 is 1.40 bits per heavy atom. The van der Waals surface area contributed by atoms with Gasteiger partial charge in [0.1, 0.15) is 5.75 Å². The maximum absolute atomic E-state index is 5.30. The average Bonchev–Trinajstić information content (AvgIpc) is 2.76. The highest BCUT2D eigenvalue weighted by Crippen LogP contribution is 2.14. The third-order valence-corrected chi connectivity index (χ3v) is 5.56. The van der Waals surface area contributed by atoms with Gasteiger partial charge < -0.3 is 10.1 Å². The Kier molecular flexibility index (Phi) is 17.0. The number of unbranched alkanes of at least 4 members (excludes halogenated alkanes) is 13. The third-order valence-electron chi connectivity index (χ3n) is 5.32. The molecule has 0 aliphatic heterocycles. The van der Waals surface area contributed by atoms with Gasteiger partial charge in [0.05, 0.1) is 13.3 Å². The molecule has 0 spiro atoms. The molecule has 0 amide bonds. The van der Waals surface area contributed by atoms with Gasteiger partial charge in [-0.15, -0.1) is 0 Å². The fourth-order valence-electron chi connectivity index (χ4n) is 3.49. The Bertz CT molecular complexity index is 577. The van der Waals surface area contributed by atoms with Crippen LogP contribution in [0.5, 0.6) is 5.75 Å². The highest BCUT2D eigenvalue weighted by Gasteiger charge is 1.98. The van der Waals surface area contributed by atoms with Crippen molar-refractivity contribution in [1.29, 1.82) is 0 Å². The van der Waals surface area contributed by atoms with E-state index in [1.54, 1.807) is 13.3 Å². The van der Waals surface area contributed by atoms with Crippen LogP contribution in [0.3, 0.4) is 0 Å². The lowest BCUT2D eigenvalue weighted by atomic mass is 10.0. The maximum atomic E-state index is 5.30. The van der Waals surface area contributed by atoms with E-state index < -0.39 is 0 Å².